The van der Waals surface area contributed by atoms with Gasteiger partial charge in [-0.1, -0.05) is 12.5 Å². The van der Waals surface area contributed by atoms with Gasteiger partial charge in [0, 0.05) is 5.92 Å². The Morgan fingerprint density at radius 1 is 1.19 bits per heavy atom. The Labute approximate surface area is 94.4 Å². The third-order valence-electron chi connectivity index (χ3n) is 3.31. The van der Waals surface area contributed by atoms with Gasteiger partial charge in [-0.3, -0.25) is 4.79 Å². The molecule has 84 valence electrons. The van der Waals surface area contributed by atoms with Crippen LogP contribution in [0.1, 0.15) is 29.6 Å². The van der Waals surface area contributed by atoms with Gasteiger partial charge in [0.05, 0.1) is 5.56 Å². The summed E-state index contributed by atoms with van der Waals surface area (Å²) in [6, 6.07) is 5.56. The monoisotopic (exact) mass is 218 g/mol. The molecule has 1 aliphatic heterocycles. The number of benzene rings is 1. The van der Waals surface area contributed by atoms with E-state index in [0.29, 0.717) is 30.3 Å². The summed E-state index contributed by atoms with van der Waals surface area (Å²) in [5.74, 6) is 1.77. The highest BCUT2D eigenvalue weighted by molar-refractivity contribution is 6.01. The zero-order chi connectivity index (χ0) is 11.0. The molecule has 0 radical (unpaired) electrons. The average molecular weight is 218 g/mol. The van der Waals surface area contributed by atoms with E-state index in [9.17, 15) is 4.79 Å². The summed E-state index contributed by atoms with van der Waals surface area (Å²) < 4.78 is 11.0. The molecule has 1 aromatic carbocycles. The minimum Gasteiger partial charge on any atom is -0.486 e. The van der Waals surface area contributed by atoms with Crippen LogP contribution < -0.4 is 9.47 Å². The number of carbonyl (C=O) groups excluding carboxylic acids is 1. The number of ketones is 1. The molecule has 1 aliphatic carbocycles. The van der Waals surface area contributed by atoms with Gasteiger partial charge in [-0.25, -0.2) is 0 Å². The Morgan fingerprint density at radius 3 is 2.75 bits per heavy atom. The molecule has 16 heavy (non-hydrogen) atoms. The molecule has 3 heteroatoms. The largest absolute Gasteiger partial charge is 0.486 e. The van der Waals surface area contributed by atoms with Crippen molar-refractivity contribution in [3.63, 3.8) is 0 Å². The Morgan fingerprint density at radius 2 is 2.00 bits per heavy atom. The first-order valence-corrected chi connectivity index (χ1v) is 5.79. The summed E-state index contributed by atoms with van der Waals surface area (Å²) in [7, 11) is 0. The lowest BCUT2D eigenvalue weighted by Gasteiger charge is -2.26. The zero-order valence-electron chi connectivity index (χ0n) is 9.07. The first kappa shape index (κ1) is 9.70. The first-order valence-electron chi connectivity index (χ1n) is 5.79. The summed E-state index contributed by atoms with van der Waals surface area (Å²) in [4.78, 5) is 12.2. The second kappa shape index (κ2) is 3.81. The molecular formula is C13H14O3. The SMILES string of the molecule is O=C(c1cccc2c1OCCO2)C1CCC1. The highest BCUT2D eigenvalue weighted by Crippen LogP contribution is 2.38. The fourth-order valence-electron chi connectivity index (χ4n) is 2.16. The number of hydrogen-bond acceptors (Lipinski definition) is 3. The van der Waals surface area contributed by atoms with E-state index in [1.54, 1.807) is 0 Å². The maximum absolute atomic E-state index is 12.2. The van der Waals surface area contributed by atoms with Crippen molar-refractivity contribution in [1.82, 2.24) is 0 Å². The van der Waals surface area contributed by atoms with Gasteiger partial charge < -0.3 is 9.47 Å². The van der Waals surface area contributed by atoms with Crippen molar-refractivity contribution >= 4 is 5.78 Å². The van der Waals surface area contributed by atoms with Crippen LogP contribution in [0.3, 0.4) is 0 Å². The summed E-state index contributed by atoms with van der Waals surface area (Å²) in [6.45, 7) is 1.09. The molecule has 1 fully saturated rings. The molecule has 0 bridgehead atoms. The Balaban J connectivity index is 1.96. The van der Waals surface area contributed by atoms with Crippen LogP contribution in [-0.2, 0) is 0 Å². The highest BCUT2D eigenvalue weighted by atomic mass is 16.6. The van der Waals surface area contributed by atoms with Crippen molar-refractivity contribution in [3.05, 3.63) is 23.8 Å². The minimum atomic E-state index is 0.206. The van der Waals surface area contributed by atoms with Gasteiger partial charge in [0.15, 0.2) is 17.3 Å². The van der Waals surface area contributed by atoms with Gasteiger partial charge in [-0.15, -0.1) is 0 Å². The Kier molecular flexibility index (Phi) is 2.31. The standard InChI is InChI=1S/C13H14O3/c14-12(9-3-1-4-9)10-5-2-6-11-13(10)16-8-7-15-11/h2,5-6,9H,1,3-4,7-8H2. The van der Waals surface area contributed by atoms with Crippen molar-refractivity contribution < 1.29 is 14.3 Å². The molecule has 2 aliphatic rings. The maximum atomic E-state index is 12.2. The molecule has 0 spiro atoms. The fourth-order valence-corrected chi connectivity index (χ4v) is 2.16. The Bertz CT molecular complexity index is 421. The molecule has 1 heterocycles. The quantitative estimate of drug-likeness (QED) is 0.715. The molecule has 0 aromatic heterocycles. The average Bonchev–Trinajstić information content (AvgIpc) is 2.26. The van der Waals surface area contributed by atoms with Crippen molar-refractivity contribution in [2.75, 3.05) is 13.2 Å². The minimum absolute atomic E-state index is 0.206. The van der Waals surface area contributed by atoms with E-state index in [1.165, 1.54) is 6.42 Å². The number of fused-ring (bicyclic) bond motifs is 1. The lowest BCUT2D eigenvalue weighted by atomic mass is 9.79. The lowest BCUT2D eigenvalue weighted by molar-refractivity contribution is 0.0844. The first-order chi connectivity index (χ1) is 7.86. The van der Waals surface area contributed by atoms with E-state index >= 15 is 0 Å². The molecule has 0 amide bonds. The molecule has 0 N–H and O–H groups in total. The topological polar surface area (TPSA) is 35.5 Å². The van der Waals surface area contributed by atoms with Crippen LogP contribution >= 0.6 is 0 Å². The predicted octanol–water partition coefficient (Wildman–Crippen LogP) is 2.44. The van der Waals surface area contributed by atoms with E-state index < -0.39 is 0 Å². The van der Waals surface area contributed by atoms with Crippen LogP contribution in [0.2, 0.25) is 0 Å². The van der Waals surface area contributed by atoms with Gasteiger partial charge in [0.1, 0.15) is 13.2 Å². The highest BCUT2D eigenvalue weighted by Gasteiger charge is 2.30. The molecule has 1 saturated carbocycles. The van der Waals surface area contributed by atoms with Gasteiger partial charge >= 0.3 is 0 Å². The van der Waals surface area contributed by atoms with Crippen molar-refractivity contribution in [1.29, 1.82) is 0 Å². The van der Waals surface area contributed by atoms with E-state index in [0.717, 1.165) is 12.8 Å². The predicted molar refractivity (Wildman–Crippen MR) is 59.1 cm³/mol. The third kappa shape index (κ3) is 1.47. The lowest BCUT2D eigenvalue weighted by Crippen LogP contribution is -2.24. The van der Waals surface area contributed by atoms with Crippen LogP contribution in [0.15, 0.2) is 18.2 Å². The molecule has 3 rings (SSSR count). The summed E-state index contributed by atoms with van der Waals surface area (Å²) in [6.07, 6.45) is 3.20. The van der Waals surface area contributed by atoms with E-state index in [-0.39, 0.29) is 11.7 Å². The molecule has 0 saturated heterocycles. The molecule has 0 unspecified atom stereocenters. The molecule has 1 aromatic rings. The molecular weight excluding hydrogens is 204 g/mol. The molecule has 0 atom stereocenters. The van der Waals surface area contributed by atoms with Gasteiger partial charge in [-0.2, -0.15) is 0 Å². The zero-order valence-corrected chi connectivity index (χ0v) is 9.07. The third-order valence-corrected chi connectivity index (χ3v) is 3.31. The van der Waals surface area contributed by atoms with E-state index in [4.69, 9.17) is 9.47 Å². The van der Waals surface area contributed by atoms with Crippen LogP contribution in [0.5, 0.6) is 11.5 Å². The normalized spacial score (nSPS) is 19.0. The second-order valence-corrected chi connectivity index (χ2v) is 4.32. The Hall–Kier alpha value is -1.51. The number of Topliss-reactive ketones (excluding diaryl/α,β-unsaturated/α-hetero) is 1. The smallest absolute Gasteiger partial charge is 0.172 e. The summed E-state index contributed by atoms with van der Waals surface area (Å²) in [5.41, 5.74) is 0.696. The van der Waals surface area contributed by atoms with Gasteiger partial charge in [0.25, 0.3) is 0 Å². The number of rotatable bonds is 2. The molecule has 3 nitrogen and oxygen atoms in total. The van der Waals surface area contributed by atoms with Crippen molar-refractivity contribution in [3.8, 4) is 11.5 Å². The summed E-state index contributed by atoms with van der Waals surface area (Å²) in [5, 5.41) is 0. The number of carbonyl (C=O) groups is 1. The van der Waals surface area contributed by atoms with Crippen LogP contribution in [0.4, 0.5) is 0 Å². The number of para-hydroxylation sites is 1. The van der Waals surface area contributed by atoms with Gasteiger partial charge in [-0.05, 0) is 25.0 Å². The van der Waals surface area contributed by atoms with Crippen LogP contribution in [0, 0.1) is 5.92 Å². The van der Waals surface area contributed by atoms with E-state index in [2.05, 4.69) is 0 Å². The summed E-state index contributed by atoms with van der Waals surface area (Å²) >= 11 is 0. The number of ether oxygens (including phenoxy) is 2. The fraction of sp³-hybridized carbons (Fsp3) is 0.462. The van der Waals surface area contributed by atoms with Crippen molar-refractivity contribution in [2.24, 2.45) is 5.92 Å². The van der Waals surface area contributed by atoms with Crippen LogP contribution in [-0.4, -0.2) is 19.0 Å². The van der Waals surface area contributed by atoms with E-state index in [1.807, 2.05) is 18.2 Å². The van der Waals surface area contributed by atoms with Gasteiger partial charge in [0.2, 0.25) is 0 Å². The number of hydrogen-bond donors (Lipinski definition) is 0. The van der Waals surface area contributed by atoms with Crippen molar-refractivity contribution in [2.45, 2.75) is 19.3 Å². The second-order valence-electron chi connectivity index (χ2n) is 4.32. The van der Waals surface area contributed by atoms with Crippen LogP contribution in [0.25, 0.3) is 0 Å². The maximum Gasteiger partial charge on any atom is 0.172 e.